The third kappa shape index (κ3) is 3.03. The van der Waals surface area contributed by atoms with Crippen molar-refractivity contribution in [3.05, 3.63) is 77.6 Å². The molecule has 2 aromatic carbocycles. The van der Waals surface area contributed by atoms with Crippen LogP contribution in [-0.2, 0) is 0 Å². The zero-order valence-corrected chi connectivity index (χ0v) is 12.4. The quantitative estimate of drug-likeness (QED) is 0.750. The molecule has 0 unspecified atom stereocenters. The first-order valence-electron chi connectivity index (χ1n) is 6.59. The Kier molecular flexibility index (Phi) is 3.59. The molecule has 0 N–H and O–H groups in total. The highest BCUT2D eigenvalue weighted by Gasteiger charge is 2.11. The van der Waals surface area contributed by atoms with Gasteiger partial charge in [-0.2, -0.15) is 0 Å². The molecular weight excluding hydrogens is 280 g/mol. The molecule has 3 rings (SSSR count). The number of hydrogen-bond acceptors (Lipinski definition) is 3. The van der Waals surface area contributed by atoms with Gasteiger partial charge in [0.15, 0.2) is 5.05 Å². The van der Waals surface area contributed by atoms with Crippen LogP contribution in [-0.4, -0.2) is 5.05 Å². The number of hydrogen-bond donors (Lipinski definition) is 0. The van der Waals surface area contributed by atoms with Gasteiger partial charge in [-0.15, -0.1) is 0 Å². The second kappa shape index (κ2) is 5.54. The van der Waals surface area contributed by atoms with Gasteiger partial charge >= 0.3 is 0 Å². The first-order chi connectivity index (χ1) is 10.1. The predicted octanol–water partition coefficient (Wildman–Crippen LogP) is 4.67. The number of ether oxygens (including phenoxy) is 2. The molecule has 1 heterocycles. The molecule has 3 heteroatoms. The van der Waals surface area contributed by atoms with Gasteiger partial charge in [0.1, 0.15) is 17.3 Å². The van der Waals surface area contributed by atoms with Gasteiger partial charge in [-0.25, -0.2) is 0 Å². The van der Waals surface area contributed by atoms with Crippen LogP contribution < -0.4 is 9.47 Å². The van der Waals surface area contributed by atoms with Gasteiger partial charge in [-0.1, -0.05) is 36.4 Å². The average Bonchev–Trinajstić information content (AvgIpc) is 2.47. The van der Waals surface area contributed by atoms with Crippen LogP contribution in [0, 0.1) is 6.92 Å². The molecule has 1 aliphatic heterocycles. The maximum atomic E-state index is 5.74. The SMILES string of the molecule is C=C1C=Cc2ccc(OC(=S)c3ccc(C)cc3)cc2O1. The van der Waals surface area contributed by atoms with E-state index in [4.69, 9.17) is 21.7 Å². The third-order valence-corrected chi connectivity index (χ3v) is 3.49. The maximum Gasteiger partial charge on any atom is 0.198 e. The van der Waals surface area contributed by atoms with E-state index in [1.54, 1.807) is 0 Å². The number of thiocarbonyl (C=S) groups is 1. The summed E-state index contributed by atoms with van der Waals surface area (Å²) in [5.74, 6) is 2.00. The summed E-state index contributed by atoms with van der Waals surface area (Å²) in [6.07, 6.45) is 3.79. The number of benzene rings is 2. The number of fused-ring (bicyclic) bond motifs is 1. The van der Waals surface area contributed by atoms with Crippen LogP contribution in [0.5, 0.6) is 11.5 Å². The van der Waals surface area contributed by atoms with Gasteiger partial charge in [0.2, 0.25) is 0 Å². The van der Waals surface area contributed by atoms with E-state index in [1.165, 1.54) is 5.56 Å². The highest BCUT2D eigenvalue weighted by molar-refractivity contribution is 7.80. The van der Waals surface area contributed by atoms with Gasteiger partial charge in [0.05, 0.1) is 0 Å². The van der Waals surface area contributed by atoms with Gasteiger partial charge in [0.25, 0.3) is 0 Å². The molecule has 0 radical (unpaired) electrons. The summed E-state index contributed by atoms with van der Waals surface area (Å²) in [7, 11) is 0. The van der Waals surface area contributed by atoms with E-state index in [-0.39, 0.29) is 0 Å². The summed E-state index contributed by atoms with van der Waals surface area (Å²) in [6, 6.07) is 13.6. The fourth-order valence-corrected chi connectivity index (χ4v) is 2.25. The lowest BCUT2D eigenvalue weighted by molar-refractivity contribution is 0.439. The summed E-state index contributed by atoms with van der Waals surface area (Å²) in [5, 5.41) is 0.445. The standard InChI is InChI=1S/C18H14O2S/c1-12-3-6-15(7-4-12)18(21)20-16-10-9-14-8-5-13(2)19-17(14)11-16/h3-11H,2H2,1H3. The first kappa shape index (κ1) is 13.6. The topological polar surface area (TPSA) is 18.5 Å². The molecule has 0 aliphatic carbocycles. The van der Waals surface area contributed by atoms with Crippen LogP contribution in [0.25, 0.3) is 6.08 Å². The number of aryl methyl sites for hydroxylation is 1. The molecule has 0 bridgehead atoms. The fraction of sp³-hybridized carbons (Fsp3) is 0.0556. The molecule has 2 nitrogen and oxygen atoms in total. The van der Waals surface area contributed by atoms with Crippen LogP contribution in [0.4, 0.5) is 0 Å². The Labute approximate surface area is 129 Å². The molecule has 2 aromatic rings. The Hall–Kier alpha value is -2.39. The molecular formula is C18H14O2S. The molecule has 0 saturated heterocycles. The Morgan fingerprint density at radius 3 is 2.62 bits per heavy atom. The minimum atomic E-state index is 0.445. The highest BCUT2D eigenvalue weighted by atomic mass is 32.1. The zero-order chi connectivity index (χ0) is 14.8. The molecule has 0 aromatic heterocycles. The molecule has 0 atom stereocenters. The van der Waals surface area contributed by atoms with Crippen LogP contribution in [0.1, 0.15) is 16.7 Å². The summed E-state index contributed by atoms with van der Waals surface area (Å²) >= 11 is 5.33. The van der Waals surface area contributed by atoms with Crippen molar-refractivity contribution in [3.8, 4) is 11.5 Å². The van der Waals surface area contributed by atoms with Crippen molar-refractivity contribution < 1.29 is 9.47 Å². The minimum absolute atomic E-state index is 0.445. The van der Waals surface area contributed by atoms with E-state index in [9.17, 15) is 0 Å². The summed E-state index contributed by atoms with van der Waals surface area (Å²) in [6.45, 7) is 5.82. The molecule has 1 aliphatic rings. The minimum Gasteiger partial charge on any atom is -0.457 e. The number of allylic oxidation sites excluding steroid dienone is 1. The van der Waals surface area contributed by atoms with Gasteiger partial charge in [-0.05, 0) is 43.4 Å². The first-order valence-corrected chi connectivity index (χ1v) is 7.00. The molecule has 21 heavy (non-hydrogen) atoms. The van der Waals surface area contributed by atoms with Gasteiger partial charge < -0.3 is 9.47 Å². The normalized spacial score (nSPS) is 12.5. The monoisotopic (exact) mass is 294 g/mol. The van der Waals surface area contributed by atoms with E-state index in [0.717, 1.165) is 16.9 Å². The van der Waals surface area contributed by atoms with Crippen molar-refractivity contribution >= 4 is 23.3 Å². The Morgan fingerprint density at radius 1 is 1.10 bits per heavy atom. The smallest absolute Gasteiger partial charge is 0.198 e. The Balaban J connectivity index is 1.81. The molecule has 0 fully saturated rings. The van der Waals surface area contributed by atoms with Crippen LogP contribution in [0.3, 0.4) is 0 Å². The van der Waals surface area contributed by atoms with Gasteiger partial charge in [0, 0.05) is 17.2 Å². The Morgan fingerprint density at radius 2 is 1.86 bits per heavy atom. The maximum absolute atomic E-state index is 5.74. The molecule has 0 saturated carbocycles. The van der Waals surface area contributed by atoms with Crippen LogP contribution >= 0.6 is 12.2 Å². The largest absolute Gasteiger partial charge is 0.457 e. The van der Waals surface area contributed by atoms with E-state index in [1.807, 2.05) is 61.5 Å². The van der Waals surface area contributed by atoms with E-state index >= 15 is 0 Å². The second-order valence-electron chi connectivity index (χ2n) is 4.86. The Bertz CT molecular complexity index is 742. The average molecular weight is 294 g/mol. The van der Waals surface area contributed by atoms with Crippen LogP contribution in [0.15, 0.2) is 60.9 Å². The second-order valence-corrected chi connectivity index (χ2v) is 5.23. The lowest BCUT2D eigenvalue weighted by atomic mass is 10.1. The fourth-order valence-electron chi connectivity index (χ4n) is 2.02. The van der Waals surface area contributed by atoms with Gasteiger partial charge in [-0.3, -0.25) is 0 Å². The number of rotatable bonds is 2. The van der Waals surface area contributed by atoms with Crippen molar-refractivity contribution in [1.29, 1.82) is 0 Å². The van der Waals surface area contributed by atoms with E-state index in [2.05, 4.69) is 6.58 Å². The van der Waals surface area contributed by atoms with Crippen molar-refractivity contribution in [2.45, 2.75) is 6.92 Å². The summed E-state index contributed by atoms with van der Waals surface area (Å²) in [4.78, 5) is 0. The van der Waals surface area contributed by atoms with E-state index < -0.39 is 0 Å². The lowest BCUT2D eigenvalue weighted by Gasteiger charge is -2.15. The summed E-state index contributed by atoms with van der Waals surface area (Å²) < 4.78 is 11.3. The predicted molar refractivity (Wildman–Crippen MR) is 88.8 cm³/mol. The molecule has 104 valence electrons. The molecule has 0 amide bonds. The van der Waals surface area contributed by atoms with Crippen molar-refractivity contribution in [3.63, 3.8) is 0 Å². The van der Waals surface area contributed by atoms with E-state index in [0.29, 0.717) is 16.6 Å². The lowest BCUT2D eigenvalue weighted by Crippen LogP contribution is -2.07. The summed E-state index contributed by atoms with van der Waals surface area (Å²) in [5.41, 5.74) is 3.07. The third-order valence-electron chi connectivity index (χ3n) is 3.17. The zero-order valence-electron chi connectivity index (χ0n) is 11.6. The van der Waals surface area contributed by atoms with Crippen LogP contribution in [0.2, 0.25) is 0 Å². The molecule has 0 spiro atoms. The van der Waals surface area contributed by atoms with Crippen molar-refractivity contribution in [2.75, 3.05) is 0 Å². The highest BCUT2D eigenvalue weighted by Crippen LogP contribution is 2.31. The van der Waals surface area contributed by atoms with Crippen molar-refractivity contribution in [1.82, 2.24) is 0 Å². The van der Waals surface area contributed by atoms with Crippen molar-refractivity contribution in [2.24, 2.45) is 0 Å².